The Hall–Kier alpha value is -2.91. The van der Waals surface area contributed by atoms with Gasteiger partial charge in [0.15, 0.2) is 11.5 Å². The van der Waals surface area contributed by atoms with Crippen LogP contribution in [0.4, 0.5) is 10.6 Å². The molecule has 3 amide bonds. The average Bonchev–Trinajstić information content (AvgIpc) is 3.17. The van der Waals surface area contributed by atoms with Crippen molar-refractivity contribution in [3.8, 4) is 0 Å². The van der Waals surface area contributed by atoms with E-state index in [-0.39, 0.29) is 5.82 Å². The van der Waals surface area contributed by atoms with Crippen LogP contribution in [0.1, 0.15) is 68.9 Å². The monoisotopic (exact) mass is 442 g/mol. The Morgan fingerprint density at radius 3 is 2.53 bits per heavy atom. The average molecular weight is 443 g/mol. The summed E-state index contributed by atoms with van der Waals surface area (Å²) in [6.45, 7) is 4.00. The Labute approximate surface area is 188 Å². The van der Waals surface area contributed by atoms with Gasteiger partial charge in [0, 0.05) is 20.1 Å². The molecule has 2 fully saturated rings. The zero-order valence-electron chi connectivity index (χ0n) is 19.0. The first-order chi connectivity index (χ1) is 15.5. The normalized spacial score (nSPS) is 21.1. The molecular weight excluding hydrogens is 408 g/mol. The van der Waals surface area contributed by atoms with Gasteiger partial charge in [0.1, 0.15) is 5.52 Å². The van der Waals surface area contributed by atoms with E-state index in [4.69, 9.17) is 0 Å². The van der Waals surface area contributed by atoms with Crippen molar-refractivity contribution in [2.75, 3.05) is 18.9 Å². The van der Waals surface area contributed by atoms with Crippen molar-refractivity contribution in [1.82, 2.24) is 35.7 Å². The minimum Gasteiger partial charge on any atom is -0.368 e. The van der Waals surface area contributed by atoms with E-state index < -0.39 is 11.9 Å². The number of fused-ring (bicyclic) bond motifs is 1. The fourth-order valence-electron chi connectivity index (χ4n) is 4.54. The van der Waals surface area contributed by atoms with Gasteiger partial charge in [0.25, 0.3) is 0 Å². The first-order valence-electron chi connectivity index (χ1n) is 11.8. The summed E-state index contributed by atoms with van der Waals surface area (Å²) in [6, 6.07) is -0.524. The lowest BCUT2D eigenvalue weighted by Crippen LogP contribution is -2.46. The number of carbonyl (C=O) groups is 2. The molecule has 2 heterocycles. The van der Waals surface area contributed by atoms with Crippen molar-refractivity contribution >= 4 is 28.9 Å². The second-order valence-electron chi connectivity index (χ2n) is 9.26. The molecule has 4 rings (SSSR count). The highest BCUT2D eigenvalue weighted by atomic mass is 16.2. The third kappa shape index (κ3) is 5.28. The van der Waals surface area contributed by atoms with E-state index in [1.165, 1.54) is 52.0 Å². The number of nitrogens with one attached hydrogen (secondary N) is 4. The van der Waals surface area contributed by atoms with Gasteiger partial charge in [-0.05, 0) is 37.0 Å². The Morgan fingerprint density at radius 1 is 1.06 bits per heavy atom. The van der Waals surface area contributed by atoms with E-state index in [1.54, 1.807) is 6.33 Å². The highest BCUT2D eigenvalue weighted by Gasteiger charge is 2.23. The fraction of sp³-hybridized carbons (Fsp3) is 0.682. The first kappa shape index (κ1) is 22.3. The van der Waals surface area contributed by atoms with Crippen LogP contribution in [0, 0.1) is 17.8 Å². The minimum atomic E-state index is -0.589. The summed E-state index contributed by atoms with van der Waals surface area (Å²) >= 11 is 0. The molecule has 4 N–H and O–H groups in total. The maximum Gasteiger partial charge on any atom is 0.333 e. The van der Waals surface area contributed by atoms with Crippen LogP contribution in [0.15, 0.2) is 6.33 Å². The van der Waals surface area contributed by atoms with Gasteiger partial charge in [0.05, 0.1) is 6.33 Å². The maximum atomic E-state index is 12.5. The lowest BCUT2D eigenvalue weighted by molar-refractivity contribution is 0.0926. The number of carbonyl (C=O) groups excluding carboxylic acids is 2. The number of amides is 3. The molecule has 0 radical (unpaired) electrons. The predicted molar refractivity (Wildman–Crippen MR) is 122 cm³/mol. The molecule has 0 spiro atoms. The number of aromatic nitrogens is 4. The Balaban J connectivity index is 1.54. The molecule has 0 bridgehead atoms. The topological polar surface area (TPSA) is 126 Å². The molecule has 174 valence electrons. The number of anilines is 1. The van der Waals surface area contributed by atoms with E-state index in [0.29, 0.717) is 17.4 Å². The van der Waals surface area contributed by atoms with Crippen molar-refractivity contribution < 1.29 is 9.59 Å². The van der Waals surface area contributed by atoms with Gasteiger partial charge < -0.3 is 15.2 Å². The molecule has 0 unspecified atom stereocenters. The zero-order valence-corrected chi connectivity index (χ0v) is 19.0. The standard InChI is InChI=1S/C22H34N8O2/c1-14-6-8-16(9-7-14)12-30-13-25-19-17(30)18(24-11-10-15-4-3-5-15)26-20(27-19)21(31)28-29-22(32)23-2/h13-16H,3-12H2,1-2H3,(H,28,31)(H2,23,29,32)(H,24,26,27)/t14-,16-. The van der Waals surface area contributed by atoms with Gasteiger partial charge in [-0.25, -0.2) is 25.2 Å². The highest BCUT2D eigenvalue weighted by Crippen LogP contribution is 2.32. The summed E-state index contributed by atoms with van der Waals surface area (Å²) in [5.74, 6) is 2.20. The van der Waals surface area contributed by atoms with Gasteiger partial charge in [-0.1, -0.05) is 39.0 Å². The summed E-state index contributed by atoms with van der Waals surface area (Å²) in [6.07, 6.45) is 11.8. The van der Waals surface area contributed by atoms with E-state index in [9.17, 15) is 9.59 Å². The summed E-state index contributed by atoms with van der Waals surface area (Å²) in [5, 5.41) is 5.81. The fourth-order valence-corrected chi connectivity index (χ4v) is 4.54. The van der Waals surface area contributed by atoms with Crippen molar-refractivity contribution in [3.63, 3.8) is 0 Å². The number of hydrogen-bond donors (Lipinski definition) is 4. The number of urea groups is 1. The summed E-state index contributed by atoms with van der Waals surface area (Å²) < 4.78 is 2.13. The lowest BCUT2D eigenvalue weighted by Gasteiger charge is -2.27. The molecule has 0 atom stereocenters. The maximum absolute atomic E-state index is 12.5. The van der Waals surface area contributed by atoms with Crippen molar-refractivity contribution in [3.05, 3.63) is 12.2 Å². The molecule has 2 aromatic heterocycles. The second kappa shape index (κ2) is 10.1. The van der Waals surface area contributed by atoms with Crippen molar-refractivity contribution in [2.24, 2.45) is 17.8 Å². The first-order valence-corrected chi connectivity index (χ1v) is 11.8. The summed E-state index contributed by atoms with van der Waals surface area (Å²) in [7, 11) is 1.47. The van der Waals surface area contributed by atoms with E-state index >= 15 is 0 Å². The van der Waals surface area contributed by atoms with Crippen molar-refractivity contribution in [2.45, 2.75) is 64.8 Å². The summed E-state index contributed by atoms with van der Waals surface area (Å²) in [4.78, 5) is 37.2. The Morgan fingerprint density at radius 2 is 1.84 bits per heavy atom. The molecule has 2 aliphatic rings. The van der Waals surface area contributed by atoms with Gasteiger partial charge in [-0.3, -0.25) is 10.2 Å². The van der Waals surface area contributed by atoms with Crippen LogP contribution in [0.5, 0.6) is 0 Å². The predicted octanol–water partition coefficient (Wildman–Crippen LogP) is 2.83. The number of imidazole rings is 1. The number of hydrazine groups is 1. The zero-order chi connectivity index (χ0) is 22.5. The largest absolute Gasteiger partial charge is 0.368 e. The molecule has 2 aromatic rings. The number of nitrogens with zero attached hydrogens (tertiary/aromatic N) is 4. The van der Waals surface area contributed by atoms with Gasteiger partial charge in [-0.15, -0.1) is 0 Å². The molecule has 0 aromatic carbocycles. The lowest BCUT2D eigenvalue weighted by atomic mass is 9.83. The second-order valence-corrected chi connectivity index (χ2v) is 9.26. The van der Waals surface area contributed by atoms with Gasteiger partial charge >= 0.3 is 11.9 Å². The van der Waals surface area contributed by atoms with Crippen LogP contribution in [-0.2, 0) is 6.54 Å². The number of hydrogen-bond acceptors (Lipinski definition) is 6. The van der Waals surface area contributed by atoms with Crippen LogP contribution in [0.25, 0.3) is 11.2 Å². The van der Waals surface area contributed by atoms with Gasteiger partial charge in [0.2, 0.25) is 5.82 Å². The van der Waals surface area contributed by atoms with Gasteiger partial charge in [-0.2, -0.15) is 0 Å². The molecule has 0 saturated heterocycles. The van der Waals surface area contributed by atoms with Crippen LogP contribution in [-0.4, -0.2) is 45.0 Å². The third-order valence-corrected chi connectivity index (χ3v) is 6.85. The molecule has 0 aliphatic heterocycles. The summed E-state index contributed by atoms with van der Waals surface area (Å²) in [5.41, 5.74) is 5.91. The van der Waals surface area contributed by atoms with E-state index in [1.807, 2.05) is 0 Å². The number of rotatable bonds is 7. The molecule has 10 nitrogen and oxygen atoms in total. The Kier molecular flexibility index (Phi) is 7.06. The molecule has 32 heavy (non-hydrogen) atoms. The van der Waals surface area contributed by atoms with Crippen molar-refractivity contribution in [1.29, 1.82) is 0 Å². The van der Waals surface area contributed by atoms with E-state index in [2.05, 4.69) is 47.9 Å². The molecular formula is C22H34N8O2. The van der Waals surface area contributed by atoms with Crippen LogP contribution in [0.3, 0.4) is 0 Å². The smallest absolute Gasteiger partial charge is 0.333 e. The quantitative estimate of drug-likeness (QED) is 0.489. The molecule has 2 aliphatic carbocycles. The van der Waals surface area contributed by atoms with Crippen LogP contribution < -0.4 is 21.5 Å². The SMILES string of the molecule is CNC(=O)NNC(=O)c1nc(NCCC2CCC2)c2c(ncn2C[C@H]2CC[C@H](C)CC2)n1. The Bertz CT molecular complexity index is 947. The van der Waals surface area contributed by atoms with E-state index in [0.717, 1.165) is 36.9 Å². The minimum absolute atomic E-state index is 0.0308. The van der Waals surface area contributed by atoms with Crippen LogP contribution >= 0.6 is 0 Å². The molecule has 2 saturated carbocycles. The molecule has 10 heteroatoms. The third-order valence-electron chi connectivity index (χ3n) is 6.85. The van der Waals surface area contributed by atoms with Crippen LogP contribution in [0.2, 0.25) is 0 Å². The highest BCUT2D eigenvalue weighted by molar-refractivity contribution is 5.95.